The lowest BCUT2D eigenvalue weighted by atomic mass is 9.96. The summed E-state index contributed by atoms with van der Waals surface area (Å²) in [6.07, 6.45) is -0.966. The first-order valence-corrected chi connectivity index (χ1v) is 6.11. The number of aliphatic hydroxyl groups is 1. The minimum atomic E-state index is -0.966. The van der Waals surface area contributed by atoms with Gasteiger partial charge in [0.05, 0.1) is 7.11 Å². The van der Waals surface area contributed by atoms with Gasteiger partial charge in [-0.2, -0.15) is 0 Å². The molecule has 1 atom stereocenters. The molecule has 1 N–H and O–H groups in total. The maximum atomic E-state index is 13.9. The zero-order valence-electron chi connectivity index (χ0n) is 11.3. The van der Waals surface area contributed by atoms with Gasteiger partial charge in [-0.15, -0.1) is 0 Å². The third-order valence-corrected chi connectivity index (χ3v) is 3.22. The minimum Gasteiger partial charge on any atom is -0.497 e. The van der Waals surface area contributed by atoms with E-state index in [1.54, 1.807) is 31.4 Å². The molecule has 2 rings (SSSR count). The third kappa shape index (κ3) is 2.76. The average Bonchev–Trinajstić information content (AvgIpc) is 2.37. The molecule has 0 heterocycles. The number of hydrogen-bond acceptors (Lipinski definition) is 2. The van der Waals surface area contributed by atoms with Gasteiger partial charge in [0.25, 0.3) is 0 Å². The summed E-state index contributed by atoms with van der Waals surface area (Å²) in [5.74, 6) is 0.334. The molecule has 0 radical (unpaired) electrons. The van der Waals surface area contributed by atoms with E-state index < -0.39 is 6.10 Å². The first-order valence-electron chi connectivity index (χ1n) is 6.11. The zero-order valence-corrected chi connectivity index (χ0v) is 11.3. The van der Waals surface area contributed by atoms with Gasteiger partial charge in [-0.05, 0) is 48.7 Å². The van der Waals surface area contributed by atoms with E-state index in [0.29, 0.717) is 11.1 Å². The van der Waals surface area contributed by atoms with Crippen molar-refractivity contribution < 1.29 is 14.2 Å². The van der Waals surface area contributed by atoms with Crippen molar-refractivity contribution in [2.75, 3.05) is 7.11 Å². The largest absolute Gasteiger partial charge is 0.497 e. The Hall–Kier alpha value is -1.87. The standard InChI is InChI=1S/C16H17FO2/c1-10-4-6-14(15(17)8-10)16(18)13-7-5-12(19-3)9-11(13)2/h4-9,16,18H,1-3H3. The summed E-state index contributed by atoms with van der Waals surface area (Å²) in [6.45, 7) is 3.69. The van der Waals surface area contributed by atoms with Crippen LogP contribution in [0.25, 0.3) is 0 Å². The fourth-order valence-corrected chi connectivity index (χ4v) is 2.10. The molecule has 0 aliphatic heterocycles. The van der Waals surface area contributed by atoms with E-state index in [2.05, 4.69) is 0 Å². The summed E-state index contributed by atoms with van der Waals surface area (Å²) in [5, 5.41) is 10.3. The van der Waals surface area contributed by atoms with Crippen LogP contribution in [0.15, 0.2) is 36.4 Å². The van der Waals surface area contributed by atoms with Crippen LogP contribution in [0.1, 0.15) is 28.4 Å². The van der Waals surface area contributed by atoms with E-state index in [0.717, 1.165) is 16.9 Å². The molecule has 2 nitrogen and oxygen atoms in total. The van der Waals surface area contributed by atoms with Crippen LogP contribution in [-0.4, -0.2) is 12.2 Å². The second-order valence-corrected chi connectivity index (χ2v) is 4.65. The molecule has 0 aliphatic carbocycles. The lowest BCUT2D eigenvalue weighted by Gasteiger charge is -2.16. The van der Waals surface area contributed by atoms with Crippen molar-refractivity contribution >= 4 is 0 Å². The predicted octanol–water partition coefficient (Wildman–Crippen LogP) is 3.53. The van der Waals surface area contributed by atoms with Crippen molar-refractivity contribution in [3.63, 3.8) is 0 Å². The molecule has 1 unspecified atom stereocenters. The van der Waals surface area contributed by atoms with E-state index in [-0.39, 0.29) is 5.82 Å². The summed E-state index contributed by atoms with van der Waals surface area (Å²) < 4.78 is 19.0. The third-order valence-electron chi connectivity index (χ3n) is 3.22. The number of benzene rings is 2. The Bertz CT molecular complexity index is 593. The highest BCUT2D eigenvalue weighted by atomic mass is 19.1. The second-order valence-electron chi connectivity index (χ2n) is 4.65. The van der Waals surface area contributed by atoms with E-state index in [9.17, 15) is 9.50 Å². The Morgan fingerprint density at radius 1 is 1.05 bits per heavy atom. The molecule has 0 aliphatic rings. The number of aliphatic hydroxyl groups excluding tert-OH is 1. The van der Waals surface area contributed by atoms with Crippen LogP contribution in [0.5, 0.6) is 5.75 Å². The molecule has 19 heavy (non-hydrogen) atoms. The summed E-state index contributed by atoms with van der Waals surface area (Å²) in [5.41, 5.74) is 2.68. The van der Waals surface area contributed by atoms with Crippen LogP contribution < -0.4 is 4.74 Å². The summed E-state index contributed by atoms with van der Waals surface area (Å²) in [7, 11) is 1.59. The van der Waals surface area contributed by atoms with Gasteiger partial charge in [-0.3, -0.25) is 0 Å². The van der Waals surface area contributed by atoms with Crippen molar-refractivity contribution in [2.24, 2.45) is 0 Å². The quantitative estimate of drug-likeness (QED) is 0.914. The van der Waals surface area contributed by atoms with Crippen molar-refractivity contribution in [1.82, 2.24) is 0 Å². The molecule has 0 aromatic heterocycles. The predicted molar refractivity (Wildman–Crippen MR) is 72.9 cm³/mol. The van der Waals surface area contributed by atoms with Gasteiger partial charge in [-0.1, -0.05) is 18.2 Å². The van der Waals surface area contributed by atoms with E-state index in [4.69, 9.17) is 4.74 Å². The number of methoxy groups -OCH3 is 1. The van der Waals surface area contributed by atoms with Crippen molar-refractivity contribution in [3.05, 3.63) is 64.5 Å². The van der Waals surface area contributed by atoms with Crippen LogP contribution in [0.2, 0.25) is 0 Å². The molecule has 0 spiro atoms. The number of rotatable bonds is 3. The van der Waals surface area contributed by atoms with E-state index in [1.807, 2.05) is 19.9 Å². The Morgan fingerprint density at radius 2 is 1.74 bits per heavy atom. The van der Waals surface area contributed by atoms with Gasteiger partial charge in [0.15, 0.2) is 0 Å². The van der Waals surface area contributed by atoms with Crippen molar-refractivity contribution in [2.45, 2.75) is 20.0 Å². The highest BCUT2D eigenvalue weighted by Gasteiger charge is 2.17. The van der Waals surface area contributed by atoms with Crippen molar-refractivity contribution in [3.8, 4) is 5.75 Å². The molecule has 0 amide bonds. The molecule has 0 fully saturated rings. The SMILES string of the molecule is COc1ccc(C(O)c2ccc(C)cc2F)c(C)c1. The number of aryl methyl sites for hydroxylation is 2. The maximum absolute atomic E-state index is 13.9. The fraction of sp³-hybridized carbons (Fsp3) is 0.250. The number of hydrogen-bond donors (Lipinski definition) is 1. The summed E-state index contributed by atoms with van der Waals surface area (Å²) >= 11 is 0. The molecule has 0 bridgehead atoms. The summed E-state index contributed by atoms with van der Waals surface area (Å²) in [4.78, 5) is 0. The van der Waals surface area contributed by atoms with Gasteiger partial charge in [0.1, 0.15) is 17.7 Å². The molecule has 2 aromatic carbocycles. The van der Waals surface area contributed by atoms with Crippen molar-refractivity contribution in [1.29, 1.82) is 0 Å². The van der Waals surface area contributed by atoms with Crippen LogP contribution in [0.3, 0.4) is 0 Å². The Morgan fingerprint density at radius 3 is 2.32 bits per heavy atom. The average molecular weight is 260 g/mol. The highest BCUT2D eigenvalue weighted by molar-refractivity contribution is 5.40. The smallest absolute Gasteiger partial charge is 0.129 e. The molecule has 0 saturated carbocycles. The fourth-order valence-electron chi connectivity index (χ4n) is 2.10. The number of ether oxygens (including phenoxy) is 1. The Balaban J connectivity index is 2.41. The lowest BCUT2D eigenvalue weighted by Crippen LogP contribution is -2.05. The van der Waals surface area contributed by atoms with E-state index >= 15 is 0 Å². The number of halogens is 1. The topological polar surface area (TPSA) is 29.5 Å². The van der Waals surface area contributed by atoms with Gasteiger partial charge in [0.2, 0.25) is 0 Å². The van der Waals surface area contributed by atoms with E-state index in [1.165, 1.54) is 6.07 Å². The first kappa shape index (κ1) is 13.6. The van der Waals surface area contributed by atoms with Crippen LogP contribution in [0, 0.1) is 19.7 Å². The molecular formula is C16H17FO2. The van der Waals surface area contributed by atoms with Crippen LogP contribution in [0.4, 0.5) is 4.39 Å². The molecule has 3 heteroatoms. The summed E-state index contributed by atoms with van der Waals surface area (Å²) in [6, 6.07) is 10.2. The second kappa shape index (κ2) is 5.41. The lowest BCUT2D eigenvalue weighted by molar-refractivity contribution is 0.214. The van der Waals surface area contributed by atoms with Crippen LogP contribution in [-0.2, 0) is 0 Å². The minimum absolute atomic E-state index is 0.291. The van der Waals surface area contributed by atoms with Gasteiger partial charge in [0, 0.05) is 5.56 Å². The van der Waals surface area contributed by atoms with Crippen LogP contribution >= 0.6 is 0 Å². The van der Waals surface area contributed by atoms with Gasteiger partial charge in [-0.25, -0.2) is 4.39 Å². The Labute approximate surface area is 112 Å². The maximum Gasteiger partial charge on any atom is 0.129 e. The zero-order chi connectivity index (χ0) is 14.0. The van der Waals surface area contributed by atoms with Gasteiger partial charge >= 0.3 is 0 Å². The highest BCUT2D eigenvalue weighted by Crippen LogP contribution is 2.29. The molecular weight excluding hydrogens is 243 g/mol. The van der Waals surface area contributed by atoms with Gasteiger partial charge < -0.3 is 9.84 Å². The first-order chi connectivity index (χ1) is 9.02. The molecule has 0 saturated heterocycles. The monoisotopic (exact) mass is 260 g/mol. The molecule has 100 valence electrons. The molecule has 2 aromatic rings. The Kier molecular flexibility index (Phi) is 3.86. The normalized spacial score (nSPS) is 12.3.